The third-order valence-electron chi connectivity index (χ3n) is 1.56. The quantitative estimate of drug-likeness (QED) is 0.660. The summed E-state index contributed by atoms with van der Waals surface area (Å²) >= 11 is 0.115. The molecule has 0 N–H and O–H groups in total. The summed E-state index contributed by atoms with van der Waals surface area (Å²) in [6.45, 7) is 14.8. The van der Waals surface area contributed by atoms with E-state index in [4.69, 9.17) is 0 Å². The largest absolute Gasteiger partial charge is 0.0954 e. The van der Waals surface area contributed by atoms with Gasteiger partial charge in [0, 0.05) is 0 Å². The fraction of sp³-hybridized carbons (Fsp3) is 0.500. The molecule has 0 spiro atoms. The molecule has 0 amide bonds. The summed E-state index contributed by atoms with van der Waals surface area (Å²) in [6.07, 6.45) is 0. The first-order chi connectivity index (χ1) is 4.95. The summed E-state index contributed by atoms with van der Waals surface area (Å²) in [6, 6.07) is 0. The van der Waals surface area contributed by atoms with Gasteiger partial charge < -0.3 is 0 Å². The summed E-state index contributed by atoms with van der Waals surface area (Å²) in [7, 11) is 0. The van der Waals surface area contributed by atoms with Crippen molar-refractivity contribution in [3.05, 3.63) is 21.3 Å². The smallest absolute Gasteiger partial charge is 0.0152 e. The van der Waals surface area contributed by atoms with Crippen LogP contribution in [0.25, 0.3) is 0 Å². The summed E-state index contributed by atoms with van der Waals surface area (Å²) in [5.41, 5.74) is 2.72. The summed E-state index contributed by atoms with van der Waals surface area (Å²) in [5, 5.41) is 0. The van der Waals surface area contributed by atoms with Crippen molar-refractivity contribution in [3.8, 4) is 0 Å². The zero-order valence-electron chi connectivity index (χ0n) is 8.09. The molecule has 0 aromatic rings. The second kappa shape index (κ2) is 4.86. The Bertz CT molecular complexity index is 215. The molecule has 0 atom stereocenters. The molecule has 0 aromatic carbocycles. The topological polar surface area (TPSA) is 0 Å². The normalized spacial score (nSPS) is 11.9. The fourth-order valence-corrected chi connectivity index (χ4v) is 2.60. The monoisotopic (exact) mass is 264 g/mol. The van der Waals surface area contributed by atoms with Gasteiger partial charge in [0.25, 0.3) is 0 Å². The Balaban J connectivity index is 4.58. The van der Waals surface area contributed by atoms with Crippen molar-refractivity contribution in [2.24, 2.45) is 0 Å². The summed E-state index contributed by atoms with van der Waals surface area (Å²) in [5.74, 6) is 0. The van der Waals surface area contributed by atoms with Crippen molar-refractivity contribution < 1.29 is 0 Å². The van der Waals surface area contributed by atoms with Gasteiger partial charge in [-0.1, -0.05) is 32.9 Å². The lowest BCUT2D eigenvalue weighted by atomic mass is 10.3. The molecule has 0 bridgehead atoms. The molecule has 0 aliphatic heterocycles. The number of allylic oxidation sites excluding steroid dienone is 3. The first kappa shape index (κ1) is 11.1. The first-order valence-electron chi connectivity index (χ1n) is 3.73. The van der Waals surface area contributed by atoms with E-state index in [9.17, 15) is 0 Å². The lowest BCUT2D eigenvalue weighted by Gasteiger charge is -1.99. The van der Waals surface area contributed by atoms with Crippen molar-refractivity contribution in [2.75, 3.05) is 0 Å². The van der Waals surface area contributed by atoms with Gasteiger partial charge in [-0.15, -0.1) is 0 Å². The Hall–Kier alpha value is 0.0800. The van der Waals surface area contributed by atoms with E-state index in [1.165, 1.54) is 14.7 Å². The Labute approximate surface area is 80.1 Å². The van der Waals surface area contributed by atoms with Gasteiger partial charge in [-0.05, 0) is 47.3 Å². The van der Waals surface area contributed by atoms with Crippen LogP contribution in [0.1, 0.15) is 34.6 Å². The van der Waals surface area contributed by atoms with Gasteiger partial charge in [-0.3, -0.25) is 0 Å². The minimum atomic E-state index is 0.115. The van der Waals surface area contributed by atoms with Crippen molar-refractivity contribution >= 4 is 24.2 Å². The molecule has 0 fully saturated rings. The highest BCUT2D eigenvalue weighted by Crippen LogP contribution is 2.21. The number of halogens is 1. The molecule has 0 rings (SSSR count). The maximum Gasteiger partial charge on any atom is -0.0152 e. The highest BCUT2D eigenvalue weighted by atomic mass is 127. The van der Waals surface area contributed by atoms with Crippen LogP contribution in [0.3, 0.4) is 0 Å². The van der Waals surface area contributed by atoms with Crippen molar-refractivity contribution in [2.45, 2.75) is 34.6 Å². The van der Waals surface area contributed by atoms with E-state index in [0.717, 1.165) is 0 Å². The van der Waals surface area contributed by atoms with E-state index in [1.807, 2.05) is 0 Å². The standard InChI is InChI=1S/C10H17I/c1-7(2)9(5)11-10(6)8(3)4/h1H2,2-6H3. The van der Waals surface area contributed by atoms with Crippen LogP contribution < -0.4 is 0 Å². The van der Waals surface area contributed by atoms with Gasteiger partial charge in [0.15, 0.2) is 0 Å². The maximum atomic E-state index is 3.94. The van der Waals surface area contributed by atoms with E-state index in [2.05, 4.69) is 41.2 Å². The maximum absolute atomic E-state index is 3.94. The van der Waals surface area contributed by atoms with Gasteiger partial charge in [0.05, 0.1) is 0 Å². The second-order valence-electron chi connectivity index (χ2n) is 2.94. The van der Waals surface area contributed by atoms with Crippen molar-refractivity contribution in [1.29, 1.82) is 0 Å². The zero-order chi connectivity index (χ0) is 9.02. The van der Waals surface area contributed by atoms with Gasteiger partial charge >= 0.3 is 0 Å². The Morgan fingerprint density at radius 1 is 1.00 bits per heavy atom. The summed E-state index contributed by atoms with van der Waals surface area (Å²) < 4.78 is 3.08. The van der Waals surface area contributed by atoms with Gasteiger partial charge in [0.1, 0.15) is 0 Å². The van der Waals surface area contributed by atoms with Crippen LogP contribution >= 0.6 is 20.7 Å². The lowest BCUT2D eigenvalue weighted by Crippen LogP contribution is -1.85. The van der Waals surface area contributed by atoms with Crippen molar-refractivity contribution in [1.82, 2.24) is 0 Å². The van der Waals surface area contributed by atoms with Crippen LogP contribution in [-0.2, 0) is 0 Å². The van der Waals surface area contributed by atoms with E-state index < -0.39 is 0 Å². The molecule has 0 heterocycles. The minimum Gasteiger partial charge on any atom is -0.0954 e. The first-order valence-corrected chi connectivity index (χ1v) is 5.89. The molecule has 11 heavy (non-hydrogen) atoms. The zero-order valence-corrected chi connectivity index (χ0v) is 10.2. The third kappa shape index (κ3) is 4.51. The van der Waals surface area contributed by atoms with Crippen LogP contribution in [0.2, 0.25) is 0 Å². The SMILES string of the molecule is C=C(C)C(C)=IC(C)=C(C)C. The number of rotatable bonds is 2. The molecule has 0 saturated carbocycles. The molecule has 0 saturated heterocycles. The highest BCUT2D eigenvalue weighted by Gasteiger charge is 1.92. The fourth-order valence-electron chi connectivity index (χ4n) is 0.388. The van der Waals surface area contributed by atoms with Crippen molar-refractivity contribution in [3.63, 3.8) is 0 Å². The number of hydrogen-bond acceptors (Lipinski definition) is 0. The minimum absolute atomic E-state index is 0.115. The average Bonchev–Trinajstić information content (AvgIpc) is 1.87. The molecular formula is C10H17I. The number of hydrogen-bond donors (Lipinski definition) is 0. The Morgan fingerprint density at radius 2 is 1.45 bits per heavy atom. The molecule has 0 radical (unpaired) electrons. The Kier molecular flexibility index (Phi) is 4.89. The van der Waals surface area contributed by atoms with E-state index in [0.29, 0.717) is 0 Å². The van der Waals surface area contributed by atoms with Crippen LogP contribution in [0, 0.1) is 0 Å². The van der Waals surface area contributed by atoms with Crippen LogP contribution in [0.4, 0.5) is 0 Å². The lowest BCUT2D eigenvalue weighted by molar-refractivity contribution is 1.36. The highest BCUT2D eigenvalue weighted by molar-refractivity contribution is 14.2. The van der Waals surface area contributed by atoms with E-state index in [-0.39, 0.29) is 20.7 Å². The molecule has 0 nitrogen and oxygen atoms in total. The van der Waals surface area contributed by atoms with Crippen LogP contribution in [0.15, 0.2) is 21.3 Å². The third-order valence-corrected chi connectivity index (χ3v) is 5.18. The van der Waals surface area contributed by atoms with Crippen LogP contribution in [0.5, 0.6) is 0 Å². The molecule has 0 aromatic heterocycles. The predicted octanol–water partition coefficient (Wildman–Crippen LogP) is 4.04. The molecule has 1 heteroatoms. The Morgan fingerprint density at radius 3 is 1.73 bits per heavy atom. The van der Waals surface area contributed by atoms with Crippen LogP contribution in [-0.4, -0.2) is 3.51 Å². The van der Waals surface area contributed by atoms with E-state index >= 15 is 0 Å². The summed E-state index contributed by atoms with van der Waals surface area (Å²) in [4.78, 5) is 0. The predicted molar refractivity (Wildman–Crippen MR) is 63.6 cm³/mol. The molecule has 0 aliphatic rings. The van der Waals surface area contributed by atoms with E-state index in [1.54, 1.807) is 3.58 Å². The molecular weight excluding hydrogens is 247 g/mol. The molecule has 0 aliphatic carbocycles. The molecule has 64 valence electrons. The van der Waals surface area contributed by atoms with Gasteiger partial charge in [-0.2, -0.15) is 0 Å². The second-order valence-corrected chi connectivity index (χ2v) is 6.72. The molecule has 0 unspecified atom stereocenters. The van der Waals surface area contributed by atoms with Gasteiger partial charge in [0.2, 0.25) is 0 Å². The van der Waals surface area contributed by atoms with Gasteiger partial charge in [-0.25, -0.2) is 0 Å². The average molecular weight is 264 g/mol.